The number of rotatable bonds is 7. The van der Waals surface area contributed by atoms with Crippen LogP contribution in [0.3, 0.4) is 0 Å². The topological polar surface area (TPSA) is 106 Å². The summed E-state index contributed by atoms with van der Waals surface area (Å²) in [6.45, 7) is 4.36. The number of likely N-dealkylation sites (N-methyl/N-ethyl adjacent to an activating group) is 1. The van der Waals surface area contributed by atoms with Crippen molar-refractivity contribution in [1.29, 1.82) is 0 Å². The first-order valence-corrected chi connectivity index (χ1v) is 11.2. The molecule has 2 aromatic heterocycles. The maximum absolute atomic E-state index is 6.47. The molecule has 0 aromatic carbocycles. The number of pyridine rings is 1. The van der Waals surface area contributed by atoms with Crippen LogP contribution in [0.25, 0.3) is 5.70 Å². The van der Waals surface area contributed by atoms with E-state index in [1.54, 1.807) is 13.2 Å². The zero-order valence-corrected chi connectivity index (χ0v) is 18.5. The number of hydrazine groups is 1. The molecule has 0 radical (unpaired) electrons. The Labute approximate surface area is 184 Å². The number of nitrogens with two attached hydrogens (primary N) is 2. The van der Waals surface area contributed by atoms with Gasteiger partial charge in [-0.3, -0.25) is 0 Å². The van der Waals surface area contributed by atoms with Crippen LogP contribution in [0.4, 0.5) is 5.69 Å². The first-order chi connectivity index (χ1) is 15.0. The van der Waals surface area contributed by atoms with Crippen LogP contribution in [-0.4, -0.2) is 46.7 Å². The molecule has 3 heterocycles. The van der Waals surface area contributed by atoms with Crippen LogP contribution >= 0.6 is 0 Å². The number of piperidine rings is 1. The summed E-state index contributed by atoms with van der Waals surface area (Å²) in [5, 5.41) is 1.47. The molecule has 1 saturated heterocycles. The van der Waals surface area contributed by atoms with Crippen LogP contribution in [0.2, 0.25) is 0 Å². The lowest BCUT2D eigenvalue weighted by Gasteiger charge is -2.30. The molecule has 1 aliphatic carbocycles. The molecule has 0 bridgehead atoms. The number of ether oxygens (including phenoxy) is 1. The summed E-state index contributed by atoms with van der Waals surface area (Å²) in [4.78, 5) is 16.0. The monoisotopic (exact) mass is 423 g/mol. The SMILES string of the molecule is Cc1nc(/C(N)=C(\COc2nccc(C3CCC3)n2)N(C)N)ccc1N1CCCCC1. The molecule has 2 fully saturated rings. The van der Waals surface area contributed by atoms with Gasteiger partial charge in [0, 0.05) is 32.3 Å². The van der Waals surface area contributed by atoms with E-state index in [1.807, 2.05) is 19.1 Å². The highest BCUT2D eigenvalue weighted by atomic mass is 16.5. The highest BCUT2D eigenvalue weighted by molar-refractivity contribution is 5.65. The van der Waals surface area contributed by atoms with E-state index in [-0.39, 0.29) is 6.61 Å². The summed E-state index contributed by atoms with van der Waals surface area (Å²) in [5.74, 6) is 6.59. The normalized spacial score (nSPS) is 17.7. The van der Waals surface area contributed by atoms with Gasteiger partial charge in [-0.2, -0.15) is 4.98 Å². The highest BCUT2D eigenvalue weighted by Gasteiger charge is 2.22. The van der Waals surface area contributed by atoms with Gasteiger partial charge in [0.1, 0.15) is 6.61 Å². The average molecular weight is 424 g/mol. The number of hydrogen-bond acceptors (Lipinski definition) is 8. The second kappa shape index (κ2) is 9.51. The predicted octanol–water partition coefficient (Wildman–Crippen LogP) is 2.95. The van der Waals surface area contributed by atoms with E-state index >= 15 is 0 Å². The minimum absolute atomic E-state index is 0.168. The van der Waals surface area contributed by atoms with Crippen LogP contribution in [0.15, 0.2) is 30.1 Å². The molecule has 2 aliphatic rings. The second-order valence-electron chi connectivity index (χ2n) is 8.50. The molecule has 8 nitrogen and oxygen atoms in total. The Kier molecular flexibility index (Phi) is 6.56. The summed E-state index contributed by atoms with van der Waals surface area (Å²) in [7, 11) is 1.74. The third kappa shape index (κ3) is 4.90. The zero-order valence-electron chi connectivity index (χ0n) is 18.5. The number of anilines is 1. The fourth-order valence-corrected chi connectivity index (χ4v) is 4.18. The van der Waals surface area contributed by atoms with E-state index in [1.165, 1.54) is 49.2 Å². The summed E-state index contributed by atoms with van der Waals surface area (Å²) in [5.41, 5.74) is 11.5. The smallest absolute Gasteiger partial charge is 0.316 e. The Morgan fingerprint density at radius 1 is 1.13 bits per heavy atom. The lowest BCUT2D eigenvalue weighted by molar-refractivity contribution is 0.275. The molecular formula is C23H33N7O. The van der Waals surface area contributed by atoms with Crippen molar-refractivity contribution in [1.82, 2.24) is 20.0 Å². The largest absolute Gasteiger partial charge is 0.457 e. The van der Waals surface area contributed by atoms with Crippen LogP contribution in [0.1, 0.15) is 61.5 Å². The van der Waals surface area contributed by atoms with Gasteiger partial charge in [-0.25, -0.2) is 15.8 Å². The lowest BCUT2D eigenvalue weighted by Crippen LogP contribution is -2.32. The maximum Gasteiger partial charge on any atom is 0.316 e. The van der Waals surface area contributed by atoms with Crippen LogP contribution in [0, 0.1) is 6.92 Å². The minimum atomic E-state index is 0.168. The van der Waals surface area contributed by atoms with Crippen molar-refractivity contribution in [3.63, 3.8) is 0 Å². The highest BCUT2D eigenvalue weighted by Crippen LogP contribution is 2.35. The number of aromatic nitrogens is 3. The Morgan fingerprint density at radius 3 is 2.55 bits per heavy atom. The number of hydrogen-bond donors (Lipinski definition) is 2. The van der Waals surface area contributed by atoms with Crippen LogP contribution < -0.4 is 21.2 Å². The van der Waals surface area contributed by atoms with Crippen LogP contribution in [-0.2, 0) is 0 Å². The molecule has 166 valence electrons. The van der Waals surface area contributed by atoms with E-state index in [4.69, 9.17) is 21.3 Å². The van der Waals surface area contributed by atoms with Gasteiger partial charge in [-0.1, -0.05) is 6.42 Å². The summed E-state index contributed by atoms with van der Waals surface area (Å²) < 4.78 is 5.86. The minimum Gasteiger partial charge on any atom is -0.457 e. The van der Waals surface area contributed by atoms with Crippen molar-refractivity contribution in [2.24, 2.45) is 11.6 Å². The molecule has 4 N–H and O–H groups in total. The maximum atomic E-state index is 6.47. The average Bonchev–Trinajstić information content (AvgIpc) is 2.73. The molecule has 0 atom stereocenters. The Morgan fingerprint density at radius 2 is 1.90 bits per heavy atom. The van der Waals surface area contributed by atoms with E-state index in [0.29, 0.717) is 29.0 Å². The third-order valence-corrected chi connectivity index (χ3v) is 6.28. The molecule has 0 spiro atoms. The number of aryl methyl sites for hydroxylation is 1. The fraction of sp³-hybridized carbons (Fsp3) is 0.522. The second-order valence-corrected chi connectivity index (χ2v) is 8.50. The van der Waals surface area contributed by atoms with Gasteiger partial charge in [0.25, 0.3) is 0 Å². The van der Waals surface area contributed by atoms with E-state index in [9.17, 15) is 0 Å². The van der Waals surface area contributed by atoms with Gasteiger partial charge in [0.15, 0.2) is 0 Å². The summed E-state index contributed by atoms with van der Waals surface area (Å²) >= 11 is 0. The first-order valence-electron chi connectivity index (χ1n) is 11.2. The molecule has 2 aromatic rings. The van der Waals surface area contributed by atoms with Gasteiger partial charge >= 0.3 is 6.01 Å². The van der Waals surface area contributed by atoms with Crippen molar-refractivity contribution < 1.29 is 4.74 Å². The van der Waals surface area contributed by atoms with Gasteiger partial charge in [0.05, 0.1) is 34.2 Å². The molecular weight excluding hydrogens is 390 g/mol. The fourth-order valence-electron chi connectivity index (χ4n) is 4.18. The molecule has 1 saturated carbocycles. The molecule has 1 aliphatic heterocycles. The zero-order chi connectivity index (χ0) is 21.8. The van der Waals surface area contributed by atoms with Crippen LogP contribution in [0.5, 0.6) is 6.01 Å². The summed E-state index contributed by atoms with van der Waals surface area (Å²) in [6.07, 6.45) is 9.13. The Balaban J connectivity index is 1.51. The van der Waals surface area contributed by atoms with Gasteiger partial charge in [-0.15, -0.1) is 0 Å². The van der Waals surface area contributed by atoms with Crippen molar-refractivity contribution in [2.45, 2.75) is 51.4 Å². The third-order valence-electron chi connectivity index (χ3n) is 6.28. The Hall–Kier alpha value is -2.87. The standard InChI is InChI=1S/C23H33N7O/c1-16-20(30-13-4-3-5-14-30)10-9-19(27-16)22(24)21(29(2)25)15-31-23-26-12-11-18(28-23)17-7-6-8-17/h9-12,17H,3-8,13-15,24-25H2,1-2H3/b22-21-. The summed E-state index contributed by atoms with van der Waals surface area (Å²) in [6, 6.07) is 6.38. The Bertz CT molecular complexity index is 933. The molecule has 8 heteroatoms. The van der Waals surface area contributed by atoms with Crippen molar-refractivity contribution >= 4 is 11.4 Å². The predicted molar refractivity (Wildman–Crippen MR) is 122 cm³/mol. The van der Waals surface area contributed by atoms with Crippen molar-refractivity contribution in [3.8, 4) is 6.01 Å². The first kappa shape index (κ1) is 21.4. The van der Waals surface area contributed by atoms with Gasteiger partial charge in [0.2, 0.25) is 0 Å². The molecule has 4 rings (SSSR count). The van der Waals surface area contributed by atoms with Gasteiger partial charge < -0.3 is 20.4 Å². The van der Waals surface area contributed by atoms with E-state index in [0.717, 1.165) is 24.5 Å². The van der Waals surface area contributed by atoms with Crippen molar-refractivity contribution in [3.05, 3.63) is 47.2 Å². The molecule has 0 unspecified atom stereocenters. The quantitative estimate of drug-likeness (QED) is 0.517. The molecule has 0 amide bonds. The van der Waals surface area contributed by atoms with Crippen molar-refractivity contribution in [2.75, 3.05) is 31.6 Å². The van der Waals surface area contributed by atoms with Gasteiger partial charge in [-0.05, 0) is 57.2 Å². The van der Waals surface area contributed by atoms with E-state index in [2.05, 4.69) is 20.9 Å². The molecule has 31 heavy (non-hydrogen) atoms. The van der Waals surface area contributed by atoms with E-state index < -0.39 is 0 Å². The lowest BCUT2D eigenvalue weighted by atomic mass is 9.83. The number of nitrogens with zero attached hydrogens (tertiary/aromatic N) is 5.